The fourth-order valence-electron chi connectivity index (χ4n) is 2.67. The van der Waals surface area contributed by atoms with Crippen molar-refractivity contribution in [2.75, 3.05) is 13.2 Å². The quantitative estimate of drug-likeness (QED) is 0.626. The van der Waals surface area contributed by atoms with Crippen molar-refractivity contribution in [3.63, 3.8) is 0 Å². The van der Waals surface area contributed by atoms with Crippen molar-refractivity contribution in [2.45, 2.75) is 45.4 Å². The molecular formula is C19H25FO2. The highest BCUT2D eigenvalue weighted by Gasteiger charge is 2.21. The van der Waals surface area contributed by atoms with Crippen LogP contribution in [0.4, 0.5) is 4.39 Å². The molecule has 0 aromatic heterocycles. The second-order valence-electron chi connectivity index (χ2n) is 6.51. The molecule has 0 unspecified atom stereocenters. The summed E-state index contributed by atoms with van der Waals surface area (Å²) in [6, 6.07) is 3.49. The Hall–Kier alpha value is -1.51. The molecule has 0 saturated heterocycles. The fourth-order valence-corrected chi connectivity index (χ4v) is 2.67. The number of ether oxygens (including phenoxy) is 2. The van der Waals surface area contributed by atoms with Gasteiger partial charge in [-0.15, -0.1) is 0 Å². The molecule has 0 spiro atoms. The second kappa shape index (κ2) is 7.17. The summed E-state index contributed by atoms with van der Waals surface area (Å²) in [5.74, 6) is 2.18. The van der Waals surface area contributed by atoms with Crippen molar-refractivity contribution in [2.24, 2.45) is 11.8 Å². The summed E-state index contributed by atoms with van der Waals surface area (Å²) < 4.78 is 25.5. The predicted molar refractivity (Wildman–Crippen MR) is 85.9 cm³/mol. The van der Waals surface area contributed by atoms with E-state index in [1.54, 1.807) is 13.0 Å². The maximum Gasteiger partial charge on any atom is 0.171 e. The Bertz CT molecular complexity index is 530. The van der Waals surface area contributed by atoms with Gasteiger partial charge in [-0.25, -0.2) is 4.39 Å². The van der Waals surface area contributed by atoms with E-state index in [1.807, 2.05) is 12.1 Å². The Morgan fingerprint density at radius 2 is 1.91 bits per heavy atom. The lowest BCUT2D eigenvalue weighted by molar-refractivity contribution is 0.285. The minimum atomic E-state index is -0.295. The number of halogens is 1. The standard InChI is InChI=1S/C19H25FO2/c1-14-17(21-12-3-6-15-4-2-5-15)9-10-18(19(14)20)22-13-11-16-7-8-16/h3,6,9-10,15-16H,2,4-5,7-8,11-13H2,1H3/b6-3+. The third-order valence-corrected chi connectivity index (χ3v) is 4.67. The smallest absolute Gasteiger partial charge is 0.171 e. The molecule has 1 aromatic carbocycles. The lowest BCUT2D eigenvalue weighted by Gasteiger charge is -2.21. The van der Waals surface area contributed by atoms with Crippen molar-refractivity contribution in [1.29, 1.82) is 0 Å². The molecule has 0 radical (unpaired) electrons. The highest BCUT2D eigenvalue weighted by Crippen LogP contribution is 2.33. The maximum atomic E-state index is 14.3. The second-order valence-corrected chi connectivity index (χ2v) is 6.51. The van der Waals surface area contributed by atoms with E-state index < -0.39 is 0 Å². The topological polar surface area (TPSA) is 18.5 Å². The Kier molecular flexibility index (Phi) is 5.01. The van der Waals surface area contributed by atoms with Crippen molar-refractivity contribution in [3.8, 4) is 11.5 Å². The Balaban J connectivity index is 1.50. The molecule has 0 N–H and O–H groups in total. The number of rotatable bonds is 8. The van der Waals surface area contributed by atoms with Gasteiger partial charge in [0.05, 0.1) is 6.61 Å². The van der Waals surface area contributed by atoms with Gasteiger partial charge in [-0.2, -0.15) is 0 Å². The maximum absolute atomic E-state index is 14.3. The van der Waals surface area contributed by atoms with E-state index in [2.05, 4.69) is 6.08 Å². The largest absolute Gasteiger partial charge is 0.490 e. The zero-order chi connectivity index (χ0) is 15.4. The Morgan fingerprint density at radius 1 is 1.14 bits per heavy atom. The van der Waals surface area contributed by atoms with Gasteiger partial charge in [0.1, 0.15) is 12.4 Å². The van der Waals surface area contributed by atoms with E-state index in [-0.39, 0.29) is 5.82 Å². The summed E-state index contributed by atoms with van der Waals surface area (Å²) in [4.78, 5) is 0. The Labute approximate surface area is 132 Å². The molecule has 2 aliphatic carbocycles. The Morgan fingerprint density at radius 3 is 2.59 bits per heavy atom. The van der Waals surface area contributed by atoms with Crippen LogP contribution in [0.2, 0.25) is 0 Å². The van der Waals surface area contributed by atoms with Crippen LogP contribution in [-0.4, -0.2) is 13.2 Å². The van der Waals surface area contributed by atoms with Gasteiger partial charge in [0.15, 0.2) is 11.6 Å². The normalized spacial score (nSPS) is 18.5. The molecular weight excluding hydrogens is 279 g/mol. The number of hydrogen-bond donors (Lipinski definition) is 0. The molecule has 1 aromatic rings. The monoisotopic (exact) mass is 304 g/mol. The lowest BCUT2D eigenvalue weighted by Crippen LogP contribution is -2.08. The zero-order valence-corrected chi connectivity index (χ0v) is 13.3. The van der Waals surface area contributed by atoms with Crippen LogP contribution in [0.15, 0.2) is 24.3 Å². The van der Waals surface area contributed by atoms with Crippen LogP contribution in [0.5, 0.6) is 11.5 Å². The summed E-state index contributed by atoms with van der Waals surface area (Å²) in [5.41, 5.74) is 0.529. The summed E-state index contributed by atoms with van der Waals surface area (Å²) in [6.45, 7) is 2.85. The molecule has 0 atom stereocenters. The number of allylic oxidation sites excluding steroid dienone is 1. The fraction of sp³-hybridized carbons (Fsp3) is 0.579. The van der Waals surface area contributed by atoms with Crippen molar-refractivity contribution in [3.05, 3.63) is 35.7 Å². The molecule has 22 heavy (non-hydrogen) atoms. The molecule has 0 aliphatic heterocycles. The van der Waals surface area contributed by atoms with E-state index >= 15 is 0 Å². The highest BCUT2D eigenvalue weighted by atomic mass is 19.1. The zero-order valence-electron chi connectivity index (χ0n) is 13.3. The van der Waals surface area contributed by atoms with E-state index in [1.165, 1.54) is 32.1 Å². The van der Waals surface area contributed by atoms with Gasteiger partial charge in [0.2, 0.25) is 0 Å². The first-order valence-corrected chi connectivity index (χ1v) is 8.45. The average Bonchev–Trinajstić information content (AvgIpc) is 3.27. The third-order valence-electron chi connectivity index (χ3n) is 4.67. The van der Waals surface area contributed by atoms with Crippen LogP contribution in [0.3, 0.4) is 0 Å². The summed E-state index contributed by atoms with van der Waals surface area (Å²) in [7, 11) is 0. The van der Waals surface area contributed by atoms with Gasteiger partial charge in [0, 0.05) is 5.56 Å². The van der Waals surface area contributed by atoms with Gasteiger partial charge in [-0.1, -0.05) is 31.4 Å². The molecule has 120 valence electrons. The molecule has 2 nitrogen and oxygen atoms in total. The highest BCUT2D eigenvalue weighted by molar-refractivity contribution is 5.41. The minimum Gasteiger partial charge on any atom is -0.490 e. The molecule has 3 rings (SSSR count). The van der Waals surface area contributed by atoms with Gasteiger partial charge in [-0.05, 0) is 50.2 Å². The number of benzene rings is 1. The summed E-state index contributed by atoms with van der Waals surface area (Å²) in [6.07, 6.45) is 11.8. The van der Waals surface area contributed by atoms with Crippen LogP contribution in [0.1, 0.15) is 44.1 Å². The molecule has 2 aliphatic rings. The van der Waals surface area contributed by atoms with E-state index in [0.29, 0.717) is 30.3 Å². The molecule has 0 heterocycles. The van der Waals surface area contributed by atoms with E-state index in [9.17, 15) is 4.39 Å². The molecule has 3 heteroatoms. The van der Waals surface area contributed by atoms with Crippen molar-refractivity contribution >= 4 is 0 Å². The first kappa shape index (κ1) is 15.4. The first-order chi connectivity index (χ1) is 10.7. The van der Waals surface area contributed by atoms with Crippen molar-refractivity contribution < 1.29 is 13.9 Å². The summed E-state index contributed by atoms with van der Waals surface area (Å²) >= 11 is 0. The van der Waals surface area contributed by atoms with Gasteiger partial charge in [0.25, 0.3) is 0 Å². The lowest BCUT2D eigenvalue weighted by atomic mass is 9.85. The average molecular weight is 304 g/mol. The van der Waals surface area contributed by atoms with Crippen LogP contribution in [0, 0.1) is 24.6 Å². The SMILES string of the molecule is Cc1c(OC/C=C/C2CCC2)ccc(OCCC2CC2)c1F. The van der Waals surface area contributed by atoms with Crippen LogP contribution < -0.4 is 9.47 Å². The van der Waals surface area contributed by atoms with Crippen LogP contribution >= 0.6 is 0 Å². The van der Waals surface area contributed by atoms with Crippen molar-refractivity contribution in [1.82, 2.24) is 0 Å². The van der Waals surface area contributed by atoms with E-state index in [4.69, 9.17) is 9.47 Å². The minimum absolute atomic E-state index is 0.295. The molecule has 2 saturated carbocycles. The van der Waals surface area contributed by atoms with Gasteiger partial charge in [-0.3, -0.25) is 0 Å². The van der Waals surface area contributed by atoms with Crippen LogP contribution in [0.25, 0.3) is 0 Å². The van der Waals surface area contributed by atoms with Gasteiger partial charge < -0.3 is 9.47 Å². The van der Waals surface area contributed by atoms with E-state index in [0.717, 1.165) is 18.3 Å². The number of hydrogen-bond acceptors (Lipinski definition) is 2. The first-order valence-electron chi connectivity index (χ1n) is 8.45. The molecule has 2 fully saturated rings. The molecule has 0 bridgehead atoms. The third kappa shape index (κ3) is 4.02. The predicted octanol–water partition coefficient (Wildman–Crippen LogP) is 5.05. The molecule has 0 amide bonds. The summed E-state index contributed by atoms with van der Waals surface area (Å²) in [5, 5.41) is 0. The van der Waals surface area contributed by atoms with Gasteiger partial charge >= 0.3 is 0 Å². The van der Waals surface area contributed by atoms with Crippen LogP contribution in [-0.2, 0) is 0 Å².